The smallest absolute Gasteiger partial charge is 0.243 e. The predicted octanol–water partition coefficient (Wildman–Crippen LogP) is 2.76. The maximum atomic E-state index is 12.8. The highest BCUT2D eigenvalue weighted by molar-refractivity contribution is 7.92. The van der Waals surface area contributed by atoms with E-state index in [0.29, 0.717) is 11.6 Å². The maximum absolute atomic E-state index is 12.8. The fourth-order valence-electron chi connectivity index (χ4n) is 4.40. The van der Waals surface area contributed by atoms with Crippen molar-refractivity contribution in [3.8, 4) is 0 Å². The number of nitrogens with one attached hydrogen (secondary N) is 1. The van der Waals surface area contributed by atoms with E-state index in [0.717, 1.165) is 29.7 Å². The van der Waals surface area contributed by atoms with E-state index >= 15 is 0 Å². The highest BCUT2D eigenvalue weighted by Crippen LogP contribution is 2.44. The Morgan fingerprint density at radius 1 is 1.20 bits per heavy atom. The third kappa shape index (κ3) is 3.68. The van der Waals surface area contributed by atoms with E-state index in [2.05, 4.69) is 5.32 Å². The molecule has 138 valence electrons. The second-order valence-electron chi connectivity index (χ2n) is 7.79. The molecule has 0 aromatic heterocycles. The molecule has 1 aromatic rings. The van der Waals surface area contributed by atoms with Crippen LogP contribution in [0.2, 0.25) is 0 Å². The fourth-order valence-corrected chi connectivity index (χ4v) is 5.56. The summed E-state index contributed by atoms with van der Waals surface area (Å²) in [5, 5.41) is 3.11. The fraction of sp³-hybridized carbons (Fsp3) is 0.632. The molecule has 2 aliphatic carbocycles. The first kappa shape index (κ1) is 18.2. The van der Waals surface area contributed by atoms with Gasteiger partial charge in [0.05, 0.1) is 11.9 Å². The Morgan fingerprint density at radius 2 is 1.92 bits per heavy atom. The lowest BCUT2D eigenvalue weighted by molar-refractivity contribution is -0.122. The highest BCUT2D eigenvalue weighted by Gasteiger charge is 2.41. The Labute approximate surface area is 150 Å². The van der Waals surface area contributed by atoms with Gasteiger partial charge in [0.25, 0.3) is 0 Å². The summed E-state index contributed by atoms with van der Waals surface area (Å²) in [5.74, 6) is 1.09. The van der Waals surface area contributed by atoms with Crippen molar-refractivity contribution >= 4 is 21.6 Å². The number of benzene rings is 1. The lowest BCUT2D eigenvalue weighted by Gasteiger charge is -2.31. The van der Waals surface area contributed by atoms with Crippen molar-refractivity contribution < 1.29 is 13.2 Å². The molecule has 0 unspecified atom stereocenters. The molecule has 1 amide bonds. The topological polar surface area (TPSA) is 66.5 Å². The summed E-state index contributed by atoms with van der Waals surface area (Å²) in [6, 6.07) is 4.93. The maximum Gasteiger partial charge on any atom is 0.243 e. The van der Waals surface area contributed by atoms with Gasteiger partial charge in [0.15, 0.2) is 0 Å². The minimum absolute atomic E-state index is 0.204. The first-order chi connectivity index (χ1) is 11.7. The number of hydrogen-bond donors (Lipinski definition) is 1. The zero-order valence-electron chi connectivity index (χ0n) is 15.5. The summed E-state index contributed by atoms with van der Waals surface area (Å²) in [6.45, 7) is 5.59. The SMILES string of the molecule is Cc1ccc(N([C@H](C)C(=O)N[C@H]2C[C@H]3CC[C@H]2C3)S(C)(=O)=O)cc1C. The molecular weight excluding hydrogens is 336 g/mol. The van der Waals surface area contributed by atoms with E-state index in [1.54, 1.807) is 13.0 Å². The number of nitrogens with zero attached hydrogens (tertiary/aromatic N) is 1. The van der Waals surface area contributed by atoms with Crippen LogP contribution < -0.4 is 9.62 Å². The van der Waals surface area contributed by atoms with Gasteiger partial charge in [0.2, 0.25) is 15.9 Å². The van der Waals surface area contributed by atoms with Gasteiger partial charge in [-0.05, 0) is 75.1 Å². The third-order valence-electron chi connectivity index (χ3n) is 5.90. The van der Waals surface area contributed by atoms with Crippen LogP contribution in [0.15, 0.2) is 18.2 Å². The van der Waals surface area contributed by atoms with Gasteiger partial charge in [0, 0.05) is 6.04 Å². The van der Waals surface area contributed by atoms with Crippen molar-refractivity contribution in [3.05, 3.63) is 29.3 Å². The van der Waals surface area contributed by atoms with Gasteiger partial charge in [-0.1, -0.05) is 12.5 Å². The van der Waals surface area contributed by atoms with E-state index in [1.807, 2.05) is 26.0 Å². The number of aryl methyl sites for hydroxylation is 2. The Balaban J connectivity index is 1.80. The second-order valence-corrected chi connectivity index (χ2v) is 9.65. The van der Waals surface area contributed by atoms with Crippen molar-refractivity contribution in [3.63, 3.8) is 0 Å². The molecule has 25 heavy (non-hydrogen) atoms. The Kier molecular flexibility index (Phi) is 4.84. The minimum atomic E-state index is -3.56. The second kappa shape index (κ2) is 6.63. The van der Waals surface area contributed by atoms with E-state index in [9.17, 15) is 13.2 Å². The van der Waals surface area contributed by atoms with Crippen LogP contribution in [0, 0.1) is 25.7 Å². The third-order valence-corrected chi connectivity index (χ3v) is 7.14. The van der Waals surface area contributed by atoms with E-state index < -0.39 is 16.1 Å². The summed E-state index contributed by atoms with van der Waals surface area (Å²) >= 11 is 0. The van der Waals surface area contributed by atoms with Gasteiger partial charge in [-0.2, -0.15) is 0 Å². The van der Waals surface area contributed by atoms with E-state index in [1.165, 1.54) is 23.6 Å². The van der Waals surface area contributed by atoms with Gasteiger partial charge in [-0.3, -0.25) is 9.10 Å². The van der Waals surface area contributed by atoms with Gasteiger partial charge in [0.1, 0.15) is 6.04 Å². The first-order valence-corrected chi connectivity index (χ1v) is 10.9. The molecule has 2 aliphatic rings. The molecule has 2 fully saturated rings. The van der Waals surface area contributed by atoms with Crippen LogP contribution in [0.4, 0.5) is 5.69 Å². The molecule has 3 rings (SSSR count). The number of carbonyl (C=O) groups excluding carboxylic acids is 1. The standard InChI is InChI=1S/C19H28N2O3S/c1-12-5-8-17(9-13(12)2)21(25(4,23)24)14(3)19(22)20-18-11-15-6-7-16(18)10-15/h5,8-9,14-16,18H,6-7,10-11H2,1-4H3,(H,20,22)/t14-,15+,16+,18+/m1/s1. The lowest BCUT2D eigenvalue weighted by atomic mass is 9.95. The van der Waals surface area contributed by atoms with Crippen molar-refractivity contribution in [1.29, 1.82) is 0 Å². The average Bonchev–Trinajstić information content (AvgIpc) is 3.12. The van der Waals surface area contributed by atoms with Crippen LogP contribution in [0.3, 0.4) is 0 Å². The van der Waals surface area contributed by atoms with Crippen molar-refractivity contribution in [2.24, 2.45) is 11.8 Å². The van der Waals surface area contributed by atoms with Crippen molar-refractivity contribution in [2.75, 3.05) is 10.6 Å². The normalized spacial score (nSPS) is 26.5. The monoisotopic (exact) mass is 364 g/mol. The van der Waals surface area contributed by atoms with Crippen LogP contribution in [0.5, 0.6) is 0 Å². The summed E-state index contributed by atoms with van der Waals surface area (Å²) in [4.78, 5) is 12.8. The molecule has 0 saturated heterocycles. The number of amides is 1. The average molecular weight is 365 g/mol. The summed E-state index contributed by atoms with van der Waals surface area (Å²) in [5.41, 5.74) is 2.64. The van der Waals surface area contributed by atoms with Crippen LogP contribution in [0.1, 0.15) is 43.7 Å². The molecule has 1 aromatic carbocycles. The lowest BCUT2D eigenvalue weighted by Crippen LogP contribution is -2.51. The van der Waals surface area contributed by atoms with Gasteiger partial charge >= 0.3 is 0 Å². The molecule has 0 spiro atoms. The van der Waals surface area contributed by atoms with Crippen LogP contribution in [-0.4, -0.2) is 32.7 Å². The van der Waals surface area contributed by atoms with Gasteiger partial charge < -0.3 is 5.32 Å². The van der Waals surface area contributed by atoms with Gasteiger partial charge in [-0.25, -0.2) is 8.42 Å². The molecule has 2 bridgehead atoms. The molecule has 2 saturated carbocycles. The Hall–Kier alpha value is -1.56. The molecule has 1 N–H and O–H groups in total. The first-order valence-electron chi connectivity index (χ1n) is 9.04. The summed E-state index contributed by atoms with van der Waals surface area (Å²) in [6.07, 6.45) is 5.84. The molecule has 4 atom stereocenters. The van der Waals surface area contributed by atoms with Crippen LogP contribution >= 0.6 is 0 Å². The molecular formula is C19H28N2O3S. The molecule has 0 radical (unpaired) electrons. The Bertz CT molecular complexity index is 775. The number of rotatable bonds is 5. The van der Waals surface area contributed by atoms with Gasteiger partial charge in [-0.15, -0.1) is 0 Å². The van der Waals surface area contributed by atoms with Crippen molar-refractivity contribution in [2.45, 2.75) is 58.5 Å². The van der Waals surface area contributed by atoms with E-state index in [-0.39, 0.29) is 11.9 Å². The zero-order valence-corrected chi connectivity index (χ0v) is 16.3. The number of hydrogen-bond acceptors (Lipinski definition) is 3. The quantitative estimate of drug-likeness (QED) is 0.874. The highest BCUT2D eigenvalue weighted by atomic mass is 32.2. The van der Waals surface area contributed by atoms with E-state index in [4.69, 9.17) is 0 Å². The largest absolute Gasteiger partial charge is 0.351 e. The summed E-state index contributed by atoms with van der Waals surface area (Å²) < 4.78 is 26.0. The molecule has 5 nitrogen and oxygen atoms in total. The molecule has 0 aliphatic heterocycles. The molecule has 0 heterocycles. The number of anilines is 1. The summed E-state index contributed by atoms with van der Waals surface area (Å²) in [7, 11) is -3.56. The number of fused-ring (bicyclic) bond motifs is 2. The number of carbonyl (C=O) groups is 1. The van der Waals surface area contributed by atoms with Crippen molar-refractivity contribution in [1.82, 2.24) is 5.32 Å². The van der Waals surface area contributed by atoms with Crippen LogP contribution in [0.25, 0.3) is 0 Å². The minimum Gasteiger partial charge on any atom is -0.351 e. The number of sulfonamides is 1. The predicted molar refractivity (Wildman–Crippen MR) is 100 cm³/mol. The molecule has 6 heteroatoms. The van der Waals surface area contributed by atoms with Crippen LogP contribution in [-0.2, 0) is 14.8 Å². The Morgan fingerprint density at radius 3 is 2.44 bits per heavy atom. The zero-order chi connectivity index (χ0) is 18.4.